The minimum atomic E-state index is -0.193. The van der Waals surface area contributed by atoms with Crippen LogP contribution in [0.25, 0.3) is 0 Å². The molecular weight excluding hydrogens is 179 g/mol. The second kappa shape index (κ2) is 3.81. The lowest BCUT2D eigenvalue weighted by atomic mass is 10.1. The Morgan fingerprint density at radius 2 is 2.21 bits per heavy atom. The van der Waals surface area contributed by atoms with Gasteiger partial charge in [0.05, 0.1) is 19.1 Å². The summed E-state index contributed by atoms with van der Waals surface area (Å²) in [5, 5.41) is 0. The van der Waals surface area contributed by atoms with Crippen molar-refractivity contribution in [2.75, 3.05) is 13.2 Å². The van der Waals surface area contributed by atoms with Gasteiger partial charge < -0.3 is 4.74 Å². The maximum atomic E-state index is 13.1. The van der Waals surface area contributed by atoms with Crippen LogP contribution in [0.15, 0.2) is 18.2 Å². The molecule has 0 saturated carbocycles. The smallest absolute Gasteiger partial charge is 0.127 e. The summed E-state index contributed by atoms with van der Waals surface area (Å²) in [5.74, 6) is 6.12. The molecule has 2 rings (SSSR count). The largest absolute Gasteiger partial charge is 0.379 e. The molecule has 1 aromatic carbocycles. The predicted molar refractivity (Wildman–Crippen MR) is 52.3 cm³/mol. The molecule has 0 amide bonds. The maximum Gasteiger partial charge on any atom is 0.127 e. The summed E-state index contributed by atoms with van der Waals surface area (Å²) in [6, 6.07) is 5.06. The van der Waals surface area contributed by atoms with Crippen LogP contribution >= 0.6 is 0 Å². The van der Waals surface area contributed by atoms with Crippen LogP contribution in [0.3, 0.4) is 0 Å². The van der Waals surface area contributed by atoms with E-state index < -0.39 is 0 Å². The summed E-state index contributed by atoms with van der Waals surface area (Å²) in [5.41, 5.74) is 1.39. The van der Waals surface area contributed by atoms with Crippen molar-refractivity contribution >= 4 is 0 Å². The Morgan fingerprint density at radius 3 is 2.79 bits per heavy atom. The molecule has 1 aliphatic rings. The van der Waals surface area contributed by atoms with Crippen molar-refractivity contribution in [3.63, 3.8) is 0 Å². The predicted octanol–water partition coefficient (Wildman–Crippen LogP) is 2.13. The van der Waals surface area contributed by atoms with Crippen molar-refractivity contribution in [3.8, 4) is 11.8 Å². The van der Waals surface area contributed by atoms with Gasteiger partial charge in [0.1, 0.15) is 5.82 Å². The SMILES string of the molecule is Cc1ccc(C#CC2COC2)cc1F. The Labute approximate surface area is 82.9 Å². The average Bonchev–Trinajstić information content (AvgIpc) is 2.08. The Morgan fingerprint density at radius 1 is 1.43 bits per heavy atom. The van der Waals surface area contributed by atoms with Crippen molar-refractivity contribution in [2.24, 2.45) is 5.92 Å². The van der Waals surface area contributed by atoms with E-state index in [1.807, 2.05) is 6.07 Å². The van der Waals surface area contributed by atoms with E-state index >= 15 is 0 Å². The van der Waals surface area contributed by atoms with Gasteiger partial charge in [0.15, 0.2) is 0 Å². The Hall–Kier alpha value is -1.33. The Bertz CT molecular complexity index is 397. The summed E-state index contributed by atoms with van der Waals surface area (Å²) in [7, 11) is 0. The minimum Gasteiger partial charge on any atom is -0.379 e. The molecule has 72 valence electrons. The van der Waals surface area contributed by atoms with Gasteiger partial charge in [-0.25, -0.2) is 4.39 Å². The van der Waals surface area contributed by atoms with Gasteiger partial charge in [-0.3, -0.25) is 0 Å². The molecule has 2 heteroatoms. The van der Waals surface area contributed by atoms with Crippen LogP contribution in [-0.2, 0) is 4.74 Å². The summed E-state index contributed by atoms with van der Waals surface area (Å²) in [4.78, 5) is 0. The maximum absolute atomic E-state index is 13.1. The van der Waals surface area contributed by atoms with Gasteiger partial charge in [-0.15, -0.1) is 0 Å². The fourth-order valence-electron chi connectivity index (χ4n) is 1.18. The molecule has 0 atom stereocenters. The van der Waals surface area contributed by atoms with Gasteiger partial charge >= 0.3 is 0 Å². The highest BCUT2D eigenvalue weighted by molar-refractivity contribution is 5.37. The first-order valence-corrected chi connectivity index (χ1v) is 4.61. The first-order chi connectivity index (χ1) is 6.75. The molecule has 1 fully saturated rings. The molecule has 14 heavy (non-hydrogen) atoms. The summed E-state index contributed by atoms with van der Waals surface area (Å²) in [6.07, 6.45) is 0. The zero-order valence-electron chi connectivity index (χ0n) is 8.01. The van der Waals surface area contributed by atoms with E-state index in [4.69, 9.17) is 4.74 Å². The highest BCUT2D eigenvalue weighted by Gasteiger charge is 2.14. The van der Waals surface area contributed by atoms with Crippen LogP contribution in [0, 0.1) is 30.5 Å². The average molecular weight is 190 g/mol. The highest BCUT2D eigenvalue weighted by atomic mass is 19.1. The molecule has 0 aliphatic carbocycles. The number of aryl methyl sites for hydroxylation is 1. The lowest BCUT2D eigenvalue weighted by Gasteiger charge is -2.19. The van der Waals surface area contributed by atoms with E-state index in [1.165, 1.54) is 6.07 Å². The van der Waals surface area contributed by atoms with Crippen LogP contribution in [-0.4, -0.2) is 13.2 Å². The number of hydrogen-bond acceptors (Lipinski definition) is 1. The third-order valence-electron chi connectivity index (χ3n) is 2.23. The Kier molecular flexibility index (Phi) is 2.51. The number of rotatable bonds is 0. The van der Waals surface area contributed by atoms with Gasteiger partial charge in [-0.1, -0.05) is 17.9 Å². The first kappa shape index (κ1) is 9.23. The van der Waals surface area contributed by atoms with E-state index in [1.54, 1.807) is 13.0 Å². The molecule has 0 aromatic heterocycles. The normalized spacial score (nSPS) is 15.6. The van der Waals surface area contributed by atoms with Crippen molar-refractivity contribution < 1.29 is 9.13 Å². The second-order valence-electron chi connectivity index (χ2n) is 3.47. The van der Waals surface area contributed by atoms with Gasteiger partial charge in [0, 0.05) is 5.56 Å². The molecule has 0 radical (unpaired) electrons. The van der Waals surface area contributed by atoms with E-state index in [0.29, 0.717) is 24.7 Å². The van der Waals surface area contributed by atoms with E-state index in [0.717, 1.165) is 5.56 Å². The van der Waals surface area contributed by atoms with Crippen molar-refractivity contribution in [3.05, 3.63) is 35.1 Å². The fourth-order valence-corrected chi connectivity index (χ4v) is 1.18. The molecule has 0 N–H and O–H groups in total. The number of hydrogen-bond donors (Lipinski definition) is 0. The zero-order valence-corrected chi connectivity index (χ0v) is 8.01. The molecule has 1 aromatic rings. The molecule has 1 aliphatic heterocycles. The van der Waals surface area contributed by atoms with Crippen LogP contribution in [0.2, 0.25) is 0 Å². The Balaban J connectivity index is 2.14. The fraction of sp³-hybridized carbons (Fsp3) is 0.333. The highest BCUT2D eigenvalue weighted by Crippen LogP contribution is 2.10. The molecule has 0 spiro atoms. The standard InChI is InChI=1S/C12H11FO/c1-9-2-3-10(6-12(9)13)4-5-11-7-14-8-11/h2-3,6,11H,7-8H2,1H3. The van der Waals surface area contributed by atoms with E-state index in [9.17, 15) is 4.39 Å². The third kappa shape index (κ3) is 1.94. The molecular formula is C12H11FO. The van der Waals surface area contributed by atoms with Gasteiger partial charge in [-0.05, 0) is 24.6 Å². The lowest BCUT2D eigenvalue weighted by molar-refractivity contribution is -0.00300. The summed E-state index contributed by atoms with van der Waals surface area (Å²) >= 11 is 0. The third-order valence-corrected chi connectivity index (χ3v) is 2.23. The van der Waals surface area contributed by atoms with Crippen LogP contribution in [0.4, 0.5) is 4.39 Å². The van der Waals surface area contributed by atoms with Crippen molar-refractivity contribution in [2.45, 2.75) is 6.92 Å². The topological polar surface area (TPSA) is 9.23 Å². The molecule has 0 unspecified atom stereocenters. The molecule has 1 nitrogen and oxygen atoms in total. The summed E-state index contributed by atoms with van der Waals surface area (Å²) in [6.45, 7) is 3.16. The molecule has 0 bridgehead atoms. The summed E-state index contributed by atoms with van der Waals surface area (Å²) < 4.78 is 18.1. The van der Waals surface area contributed by atoms with Crippen LogP contribution in [0.5, 0.6) is 0 Å². The lowest BCUT2D eigenvalue weighted by Crippen LogP contribution is -2.25. The number of halogens is 1. The van der Waals surface area contributed by atoms with Gasteiger partial charge in [0.2, 0.25) is 0 Å². The van der Waals surface area contributed by atoms with Crippen molar-refractivity contribution in [1.82, 2.24) is 0 Å². The van der Waals surface area contributed by atoms with Crippen LogP contribution < -0.4 is 0 Å². The quantitative estimate of drug-likeness (QED) is 0.569. The minimum absolute atomic E-state index is 0.193. The zero-order chi connectivity index (χ0) is 9.97. The second-order valence-corrected chi connectivity index (χ2v) is 3.47. The molecule has 1 saturated heterocycles. The van der Waals surface area contributed by atoms with Crippen molar-refractivity contribution in [1.29, 1.82) is 0 Å². The molecule has 1 heterocycles. The van der Waals surface area contributed by atoms with Crippen LogP contribution in [0.1, 0.15) is 11.1 Å². The monoisotopic (exact) mass is 190 g/mol. The van der Waals surface area contributed by atoms with E-state index in [-0.39, 0.29) is 5.82 Å². The number of ether oxygens (including phenoxy) is 1. The number of benzene rings is 1. The van der Waals surface area contributed by atoms with Gasteiger partial charge in [0.25, 0.3) is 0 Å². The van der Waals surface area contributed by atoms with Gasteiger partial charge in [-0.2, -0.15) is 0 Å². The first-order valence-electron chi connectivity index (χ1n) is 4.61. The van der Waals surface area contributed by atoms with E-state index in [2.05, 4.69) is 11.8 Å².